The molecule has 3 aromatic rings. The first kappa shape index (κ1) is 18.6. The van der Waals surface area contributed by atoms with Gasteiger partial charge in [0, 0.05) is 54.6 Å². The molecule has 0 bridgehead atoms. The number of hydrogen-bond acceptors (Lipinski definition) is 2. The number of allylic oxidation sites excluding steroid dienone is 1. The number of carbonyl (C=O) groups excluding carboxylic acids is 1. The van der Waals surface area contributed by atoms with E-state index in [1.54, 1.807) is 0 Å². The summed E-state index contributed by atoms with van der Waals surface area (Å²) in [5.74, 6) is 0.908. The number of carbonyl (C=O) groups is 1. The summed E-state index contributed by atoms with van der Waals surface area (Å²) in [5.41, 5.74) is 1.82. The van der Waals surface area contributed by atoms with Gasteiger partial charge in [-0.05, 0) is 30.3 Å². The zero-order valence-corrected chi connectivity index (χ0v) is 16.4. The number of nitrogens with zero attached hydrogens (tertiary/aromatic N) is 2. The Hall–Kier alpha value is -2.72. The van der Waals surface area contributed by atoms with Crippen LogP contribution in [0.4, 0.5) is 0 Å². The first-order chi connectivity index (χ1) is 13.7. The van der Waals surface area contributed by atoms with E-state index in [1.165, 1.54) is 0 Å². The van der Waals surface area contributed by atoms with Crippen molar-refractivity contribution < 1.29 is 9.53 Å². The summed E-state index contributed by atoms with van der Waals surface area (Å²) in [6.45, 7) is 5.89. The topological polar surface area (TPSA) is 34.5 Å². The van der Waals surface area contributed by atoms with Crippen molar-refractivity contribution in [1.29, 1.82) is 0 Å². The Kier molecular flexibility index (Phi) is 5.40. The second-order valence-electron chi connectivity index (χ2n) is 7.06. The van der Waals surface area contributed by atoms with E-state index in [0.29, 0.717) is 24.7 Å². The predicted octanol–water partition coefficient (Wildman–Crippen LogP) is 5.16. The monoisotopic (exact) mass is 394 g/mol. The van der Waals surface area contributed by atoms with Gasteiger partial charge < -0.3 is 14.2 Å². The van der Waals surface area contributed by atoms with Gasteiger partial charge in [-0.2, -0.15) is 0 Å². The maximum atomic E-state index is 13.2. The Bertz CT molecular complexity index is 986. The molecule has 2 aromatic carbocycles. The second kappa shape index (κ2) is 8.11. The van der Waals surface area contributed by atoms with Gasteiger partial charge in [-0.25, -0.2) is 0 Å². The van der Waals surface area contributed by atoms with Crippen LogP contribution in [0.5, 0.6) is 5.75 Å². The third kappa shape index (κ3) is 3.78. The summed E-state index contributed by atoms with van der Waals surface area (Å²) in [5, 5.41) is 1.69. The Morgan fingerprint density at radius 1 is 1.14 bits per heavy atom. The Morgan fingerprint density at radius 3 is 2.57 bits per heavy atom. The quantitative estimate of drug-likeness (QED) is 0.560. The third-order valence-electron chi connectivity index (χ3n) is 5.19. The van der Waals surface area contributed by atoms with Crippen LogP contribution >= 0.6 is 11.6 Å². The maximum absolute atomic E-state index is 13.2. The molecule has 0 unspecified atom stereocenters. The Morgan fingerprint density at radius 2 is 1.86 bits per heavy atom. The molecule has 0 N–H and O–H groups in total. The van der Waals surface area contributed by atoms with E-state index in [4.69, 9.17) is 16.3 Å². The van der Waals surface area contributed by atoms with Gasteiger partial charge in [-0.15, -0.1) is 6.58 Å². The van der Waals surface area contributed by atoms with E-state index in [1.807, 2.05) is 65.7 Å². The molecule has 1 saturated heterocycles. The van der Waals surface area contributed by atoms with Gasteiger partial charge in [-0.1, -0.05) is 35.9 Å². The van der Waals surface area contributed by atoms with Crippen LogP contribution in [0.3, 0.4) is 0 Å². The highest BCUT2D eigenvalue weighted by molar-refractivity contribution is 6.30. The van der Waals surface area contributed by atoms with Crippen LogP contribution in [0.25, 0.3) is 10.9 Å². The van der Waals surface area contributed by atoms with E-state index in [0.717, 1.165) is 35.1 Å². The molecule has 28 heavy (non-hydrogen) atoms. The number of para-hydroxylation sites is 1. The lowest BCUT2D eigenvalue weighted by molar-refractivity contribution is 0.0597. The fraction of sp³-hybridized carbons (Fsp3) is 0.261. The van der Waals surface area contributed by atoms with Crippen molar-refractivity contribution in [2.75, 3.05) is 13.1 Å². The largest absolute Gasteiger partial charge is 0.490 e. The summed E-state index contributed by atoms with van der Waals surface area (Å²) in [7, 11) is 0. The number of fused-ring (bicyclic) bond motifs is 1. The molecule has 4 rings (SSSR count). The predicted molar refractivity (Wildman–Crippen MR) is 113 cm³/mol. The minimum atomic E-state index is 0.0870. The van der Waals surface area contributed by atoms with E-state index < -0.39 is 0 Å². The van der Waals surface area contributed by atoms with Crippen molar-refractivity contribution in [2.24, 2.45) is 0 Å². The summed E-state index contributed by atoms with van der Waals surface area (Å²) in [6, 6.07) is 15.4. The van der Waals surface area contributed by atoms with Gasteiger partial charge in [0.25, 0.3) is 5.91 Å². The molecule has 5 heteroatoms. The number of likely N-dealkylation sites (tertiary alicyclic amines) is 1. The average Bonchev–Trinajstić information content (AvgIpc) is 3.09. The van der Waals surface area contributed by atoms with Crippen molar-refractivity contribution in [1.82, 2.24) is 9.47 Å². The van der Waals surface area contributed by atoms with Gasteiger partial charge in [-0.3, -0.25) is 4.79 Å². The van der Waals surface area contributed by atoms with Crippen LogP contribution in [0.1, 0.15) is 23.2 Å². The van der Waals surface area contributed by atoms with Gasteiger partial charge in [0.15, 0.2) is 0 Å². The minimum Gasteiger partial charge on any atom is -0.490 e. The van der Waals surface area contributed by atoms with Crippen LogP contribution in [0.2, 0.25) is 5.02 Å². The number of rotatable bonds is 5. The van der Waals surface area contributed by atoms with E-state index >= 15 is 0 Å². The minimum absolute atomic E-state index is 0.0870. The summed E-state index contributed by atoms with van der Waals surface area (Å²) in [4.78, 5) is 15.1. The molecule has 1 fully saturated rings. The smallest absolute Gasteiger partial charge is 0.256 e. The van der Waals surface area contributed by atoms with Crippen LogP contribution in [0.15, 0.2) is 67.4 Å². The molecule has 0 spiro atoms. The van der Waals surface area contributed by atoms with E-state index in [-0.39, 0.29) is 12.0 Å². The van der Waals surface area contributed by atoms with Crippen molar-refractivity contribution >= 4 is 28.4 Å². The number of hydrogen-bond donors (Lipinski definition) is 0. The van der Waals surface area contributed by atoms with Gasteiger partial charge in [0.05, 0.1) is 5.56 Å². The molecule has 1 aromatic heterocycles. The zero-order chi connectivity index (χ0) is 19.5. The maximum Gasteiger partial charge on any atom is 0.256 e. The molecular formula is C23H23ClN2O2. The lowest BCUT2D eigenvalue weighted by Gasteiger charge is -2.32. The van der Waals surface area contributed by atoms with E-state index in [9.17, 15) is 4.79 Å². The van der Waals surface area contributed by atoms with Gasteiger partial charge in [0.1, 0.15) is 11.9 Å². The third-order valence-corrected chi connectivity index (χ3v) is 5.44. The molecule has 1 amide bonds. The normalized spacial score (nSPS) is 15.0. The number of benzene rings is 2. The lowest BCUT2D eigenvalue weighted by Crippen LogP contribution is -2.41. The number of aromatic nitrogens is 1. The van der Waals surface area contributed by atoms with Gasteiger partial charge >= 0.3 is 0 Å². The SMILES string of the molecule is C=CCn1cc(C(=O)N2CCC(Oc3ccc(Cl)cc3)CC2)c2ccccc21. The lowest BCUT2D eigenvalue weighted by atomic mass is 10.1. The number of piperidine rings is 1. The zero-order valence-electron chi connectivity index (χ0n) is 15.7. The number of amides is 1. The molecule has 4 nitrogen and oxygen atoms in total. The summed E-state index contributed by atoms with van der Waals surface area (Å²) in [6.07, 6.45) is 5.55. The molecular weight excluding hydrogens is 372 g/mol. The number of ether oxygens (including phenoxy) is 1. The Balaban J connectivity index is 1.45. The fourth-order valence-corrected chi connectivity index (χ4v) is 3.89. The second-order valence-corrected chi connectivity index (χ2v) is 7.50. The standard InChI is InChI=1S/C23H23ClN2O2/c1-2-13-26-16-21(20-5-3-4-6-22(20)26)23(27)25-14-11-19(12-15-25)28-18-9-7-17(24)8-10-18/h2-10,16,19H,1,11-15H2. The molecule has 0 saturated carbocycles. The van der Waals surface area contributed by atoms with Crippen molar-refractivity contribution in [2.45, 2.75) is 25.5 Å². The molecule has 1 aliphatic rings. The molecule has 0 radical (unpaired) electrons. The van der Waals surface area contributed by atoms with Crippen LogP contribution in [-0.4, -0.2) is 34.6 Å². The first-order valence-corrected chi connectivity index (χ1v) is 9.94. The molecule has 1 aliphatic heterocycles. The van der Waals surface area contributed by atoms with Crippen LogP contribution in [-0.2, 0) is 6.54 Å². The average molecular weight is 395 g/mol. The Labute approximate surface area is 170 Å². The highest BCUT2D eigenvalue weighted by Crippen LogP contribution is 2.26. The fourth-order valence-electron chi connectivity index (χ4n) is 3.76. The van der Waals surface area contributed by atoms with E-state index in [2.05, 4.69) is 11.1 Å². The van der Waals surface area contributed by atoms with Crippen molar-refractivity contribution in [3.63, 3.8) is 0 Å². The first-order valence-electron chi connectivity index (χ1n) is 9.56. The van der Waals surface area contributed by atoms with Crippen molar-refractivity contribution in [3.05, 3.63) is 78.0 Å². The van der Waals surface area contributed by atoms with Crippen LogP contribution in [0, 0.1) is 0 Å². The summed E-state index contributed by atoms with van der Waals surface area (Å²) < 4.78 is 8.11. The molecule has 144 valence electrons. The highest BCUT2D eigenvalue weighted by atomic mass is 35.5. The highest BCUT2D eigenvalue weighted by Gasteiger charge is 2.26. The van der Waals surface area contributed by atoms with Crippen LogP contribution < -0.4 is 4.74 Å². The molecule has 0 atom stereocenters. The van der Waals surface area contributed by atoms with Crippen molar-refractivity contribution in [3.8, 4) is 5.75 Å². The summed E-state index contributed by atoms with van der Waals surface area (Å²) >= 11 is 5.92. The number of halogens is 1. The molecule has 2 heterocycles. The van der Waals surface area contributed by atoms with Gasteiger partial charge in [0.2, 0.25) is 0 Å². The molecule has 0 aliphatic carbocycles.